The van der Waals surface area contributed by atoms with Crippen molar-refractivity contribution < 1.29 is 9.59 Å². The van der Waals surface area contributed by atoms with Crippen LogP contribution in [0.2, 0.25) is 0 Å². The third-order valence-corrected chi connectivity index (χ3v) is 6.90. The third kappa shape index (κ3) is 2.50. The van der Waals surface area contributed by atoms with Crippen LogP contribution in [-0.4, -0.2) is 60.8 Å². The Hall–Kier alpha value is -2.64. The molecule has 1 spiro atoms. The fourth-order valence-electron chi connectivity index (χ4n) is 4.99. The maximum atomic E-state index is 13.2. The summed E-state index contributed by atoms with van der Waals surface area (Å²) in [4.78, 5) is 42.1. The zero-order valence-corrected chi connectivity index (χ0v) is 16.2. The largest absolute Gasteiger partial charge is 0.348 e. The van der Waals surface area contributed by atoms with Gasteiger partial charge in [0, 0.05) is 44.7 Å². The van der Waals surface area contributed by atoms with Crippen LogP contribution in [0.3, 0.4) is 0 Å². The quantitative estimate of drug-likeness (QED) is 0.852. The second-order valence-corrected chi connectivity index (χ2v) is 8.31. The van der Waals surface area contributed by atoms with Gasteiger partial charge in [0.2, 0.25) is 5.91 Å². The predicted molar refractivity (Wildman–Crippen MR) is 101 cm³/mol. The smallest absolute Gasteiger partial charge is 0.272 e. The van der Waals surface area contributed by atoms with Gasteiger partial charge in [0.15, 0.2) is 0 Å². The molecule has 0 unspecified atom stereocenters. The fourth-order valence-corrected chi connectivity index (χ4v) is 4.99. The van der Waals surface area contributed by atoms with Crippen molar-refractivity contribution in [1.29, 1.82) is 0 Å². The van der Waals surface area contributed by atoms with Gasteiger partial charge in [-0.05, 0) is 25.7 Å². The number of carbonyl (C=O) groups is 2. The number of aromatic amines is 1. The Morgan fingerprint density at radius 1 is 1.21 bits per heavy atom. The van der Waals surface area contributed by atoms with E-state index in [0.29, 0.717) is 18.8 Å². The number of rotatable bonds is 2. The molecule has 0 aromatic carbocycles. The average Bonchev–Trinajstić information content (AvgIpc) is 3.30. The summed E-state index contributed by atoms with van der Waals surface area (Å²) in [6, 6.07) is 0. The van der Waals surface area contributed by atoms with Gasteiger partial charge in [0.25, 0.3) is 5.91 Å². The summed E-state index contributed by atoms with van der Waals surface area (Å²) in [6.07, 6.45) is 10.5. The number of hydrogen-bond donors (Lipinski definition) is 1. The lowest BCUT2D eigenvalue weighted by molar-refractivity contribution is -0.148. The number of amides is 2. The summed E-state index contributed by atoms with van der Waals surface area (Å²) in [6.45, 7) is 1.97. The molecule has 2 aromatic rings. The van der Waals surface area contributed by atoms with Gasteiger partial charge in [-0.25, -0.2) is 9.97 Å². The zero-order chi connectivity index (χ0) is 19.3. The highest BCUT2D eigenvalue weighted by Crippen LogP contribution is 2.44. The van der Waals surface area contributed by atoms with E-state index in [0.717, 1.165) is 56.5 Å². The third-order valence-electron chi connectivity index (χ3n) is 6.90. The molecule has 2 aliphatic heterocycles. The van der Waals surface area contributed by atoms with E-state index in [1.807, 2.05) is 11.9 Å². The highest BCUT2D eigenvalue weighted by molar-refractivity contribution is 5.92. The van der Waals surface area contributed by atoms with Crippen LogP contribution in [0.5, 0.6) is 0 Å². The van der Waals surface area contributed by atoms with Crippen LogP contribution in [0.25, 0.3) is 0 Å². The van der Waals surface area contributed by atoms with Crippen molar-refractivity contribution >= 4 is 11.8 Å². The molecular formula is C20H26N6O2. The van der Waals surface area contributed by atoms with Crippen molar-refractivity contribution in [2.24, 2.45) is 13.0 Å². The Labute approximate surface area is 163 Å². The number of hydrogen-bond acceptors (Lipinski definition) is 4. The van der Waals surface area contributed by atoms with Gasteiger partial charge in [-0.1, -0.05) is 6.42 Å². The monoisotopic (exact) mass is 382 g/mol. The fraction of sp³-hybridized carbons (Fsp3) is 0.600. The number of carbonyl (C=O) groups excluding carboxylic acids is 2. The lowest BCUT2D eigenvalue weighted by Gasteiger charge is -2.51. The van der Waals surface area contributed by atoms with Crippen LogP contribution in [0.1, 0.15) is 54.0 Å². The molecule has 8 nitrogen and oxygen atoms in total. The maximum absolute atomic E-state index is 13.2. The molecule has 1 aliphatic carbocycles. The standard InChI is InChI=1S/C20H26N6O2/c1-24-13-21-11-16(24)19(28)25-9-6-20(7-10-25)17-15(22-12-23-17)5-8-26(20)18(27)14-3-2-4-14/h11-14H,2-10H2,1H3,(H,22,23). The Balaban J connectivity index is 1.42. The first-order valence-electron chi connectivity index (χ1n) is 10.2. The van der Waals surface area contributed by atoms with Crippen molar-refractivity contribution in [2.45, 2.75) is 44.1 Å². The molecule has 28 heavy (non-hydrogen) atoms. The van der Waals surface area contributed by atoms with E-state index >= 15 is 0 Å². The van der Waals surface area contributed by atoms with Crippen LogP contribution in [-0.2, 0) is 23.8 Å². The van der Waals surface area contributed by atoms with Gasteiger partial charge in [0.1, 0.15) is 5.69 Å². The number of likely N-dealkylation sites (tertiary alicyclic amines) is 1. The Morgan fingerprint density at radius 2 is 2.00 bits per heavy atom. The molecule has 2 aromatic heterocycles. The summed E-state index contributed by atoms with van der Waals surface area (Å²) in [5, 5.41) is 0. The summed E-state index contributed by atoms with van der Waals surface area (Å²) in [7, 11) is 1.84. The van der Waals surface area contributed by atoms with E-state index in [-0.39, 0.29) is 23.3 Å². The SMILES string of the molecule is Cn1cncc1C(=O)N1CCC2(CC1)c1nc[nH]c1CCN2C(=O)C1CCC1. The molecule has 1 saturated heterocycles. The molecule has 2 amide bonds. The highest BCUT2D eigenvalue weighted by Gasteiger charge is 2.50. The van der Waals surface area contributed by atoms with Crippen LogP contribution in [0, 0.1) is 5.92 Å². The predicted octanol–water partition coefficient (Wildman–Crippen LogP) is 1.46. The second kappa shape index (κ2) is 6.46. The van der Waals surface area contributed by atoms with Gasteiger partial charge >= 0.3 is 0 Å². The van der Waals surface area contributed by atoms with Crippen molar-refractivity contribution in [3.05, 3.63) is 35.9 Å². The number of aromatic nitrogens is 4. The summed E-state index contributed by atoms with van der Waals surface area (Å²) in [5.41, 5.74) is 2.37. The molecule has 5 rings (SSSR count). The van der Waals surface area contributed by atoms with Crippen molar-refractivity contribution in [3.63, 3.8) is 0 Å². The number of nitrogens with one attached hydrogen (secondary N) is 1. The normalized spacial score (nSPS) is 21.5. The molecule has 1 N–H and O–H groups in total. The Bertz CT molecular complexity index is 903. The van der Waals surface area contributed by atoms with Crippen LogP contribution in [0.15, 0.2) is 18.9 Å². The van der Waals surface area contributed by atoms with Crippen LogP contribution < -0.4 is 0 Å². The number of aryl methyl sites for hydroxylation is 1. The topological polar surface area (TPSA) is 87.1 Å². The van der Waals surface area contributed by atoms with E-state index in [1.54, 1.807) is 23.4 Å². The molecule has 0 radical (unpaired) electrons. The average molecular weight is 382 g/mol. The van der Waals surface area contributed by atoms with Crippen LogP contribution in [0.4, 0.5) is 0 Å². The van der Waals surface area contributed by atoms with Gasteiger partial charge in [-0.2, -0.15) is 0 Å². The molecule has 2 fully saturated rings. The van der Waals surface area contributed by atoms with Crippen molar-refractivity contribution in [1.82, 2.24) is 29.3 Å². The van der Waals surface area contributed by atoms with Crippen molar-refractivity contribution in [2.75, 3.05) is 19.6 Å². The first-order chi connectivity index (χ1) is 13.6. The van der Waals surface area contributed by atoms with E-state index < -0.39 is 0 Å². The van der Waals surface area contributed by atoms with Gasteiger partial charge in [0.05, 0.1) is 30.1 Å². The van der Waals surface area contributed by atoms with E-state index in [2.05, 4.69) is 19.9 Å². The van der Waals surface area contributed by atoms with Crippen molar-refractivity contribution in [3.8, 4) is 0 Å². The summed E-state index contributed by atoms with van der Waals surface area (Å²) >= 11 is 0. The van der Waals surface area contributed by atoms with Gasteiger partial charge < -0.3 is 19.4 Å². The van der Waals surface area contributed by atoms with E-state index in [9.17, 15) is 9.59 Å². The Kier molecular flexibility index (Phi) is 4.03. The molecule has 3 aliphatic rings. The lowest BCUT2D eigenvalue weighted by Crippen LogP contribution is -2.60. The highest BCUT2D eigenvalue weighted by atomic mass is 16.2. The van der Waals surface area contributed by atoms with E-state index in [4.69, 9.17) is 0 Å². The molecule has 8 heteroatoms. The zero-order valence-electron chi connectivity index (χ0n) is 16.2. The lowest BCUT2D eigenvalue weighted by atomic mass is 9.76. The van der Waals surface area contributed by atoms with Gasteiger partial charge in [-0.15, -0.1) is 0 Å². The minimum absolute atomic E-state index is 0.00443. The second-order valence-electron chi connectivity index (χ2n) is 8.31. The number of nitrogens with zero attached hydrogens (tertiary/aromatic N) is 5. The molecule has 4 heterocycles. The molecule has 1 saturated carbocycles. The molecule has 0 atom stereocenters. The van der Waals surface area contributed by atoms with Gasteiger partial charge in [-0.3, -0.25) is 9.59 Å². The first-order valence-corrected chi connectivity index (χ1v) is 10.2. The first kappa shape index (κ1) is 17.5. The number of H-pyrrole nitrogens is 1. The number of piperidine rings is 1. The van der Waals surface area contributed by atoms with E-state index in [1.165, 1.54) is 0 Å². The minimum atomic E-state index is -0.385. The number of imidazole rings is 2. The molecule has 148 valence electrons. The van der Waals surface area contributed by atoms with Crippen LogP contribution >= 0.6 is 0 Å². The Morgan fingerprint density at radius 3 is 2.64 bits per heavy atom. The molecular weight excluding hydrogens is 356 g/mol. The maximum Gasteiger partial charge on any atom is 0.272 e. The number of fused-ring (bicyclic) bond motifs is 2. The summed E-state index contributed by atoms with van der Waals surface area (Å²) < 4.78 is 1.76. The summed E-state index contributed by atoms with van der Waals surface area (Å²) in [5.74, 6) is 0.461. The molecule has 0 bridgehead atoms. The minimum Gasteiger partial charge on any atom is -0.348 e.